The highest BCUT2D eigenvalue weighted by atomic mass is 16.6. The number of aromatic nitrogens is 2. The predicted molar refractivity (Wildman–Crippen MR) is 57.5 cm³/mol. The third kappa shape index (κ3) is 2.81. The Morgan fingerprint density at radius 3 is 2.76 bits per heavy atom. The molecule has 0 aliphatic heterocycles. The Kier molecular flexibility index (Phi) is 3.34. The van der Waals surface area contributed by atoms with Crippen molar-refractivity contribution >= 4 is 5.97 Å². The quantitative estimate of drug-likeness (QED) is 0.845. The number of nitrogens with zero attached hydrogens (tertiary/aromatic N) is 2. The maximum Gasteiger partial charge on any atom is 0.306 e. The van der Waals surface area contributed by atoms with E-state index in [2.05, 4.69) is 14.9 Å². The molecule has 17 heavy (non-hydrogen) atoms. The number of aliphatic carboxylic acids is 1. The first-order valence-corrected chi connectivity index (χ1v) is 5.00. The van der Waals surface area contributed by atoms with Gasteiger partial charge in [-0.25, -0.2) is 4.63 Å². The summed E-state index contributed by atoms with van der Waals surface area (Å²) >= 11 is 0. The lowest BCUT2D eigenvalue weighted by molar-refractivity contribution is -0.137. The minimum Gasteiger partial charge on any atom is -0.481 e. The molecule has 88 valence electrons. The minimum absolute atomic E-state index is 0.0311. The van der Waals surface area contributed by atoms with Crippen molar-refractivity contribution in [2.24, 2.45) is 0 Å². The summed E-state index contributed by atoms with van der Waals surface area (Å²) in [4.78, 5) is 10.3. The molecular formula is C11H10N2O4. The van der Waals surface area contributed by atoms with Crippen LogP contribution in [-0.2, 0) is 4.79 Å². The van der Waals surface area contributed by atoms with Gasteiger partial charge in [-0.05, 0) is 10.3 Å². The fraction of sp³-hybridized carbons (Fsp3) is 0.182. The predicted octanol–water partition coefficient (Wildman–Crippen LogP) is 1.59. The molecule has 0 amide bonds. The first kappa shape index (κ1) is 11.1. The van der Waals surface area contributed by atoms with E-state index < -0.39 is 5.97 Å². The van der Waals surface area contributed by atoms with Gasteiger partial charge >= 0.3 is 5.97 Å². The highest BCUT2D eigenvalue weighted by molar-refractivity contribution is 5.67. The maximum atomic E-state index is 10.3. The van der Waals surface area contributed by atoms with Gasteiger partial charge in [0.2, 0.25) is 0 Å². The molecule has 2 aromatic rings. The van der Waals surface area contributed by atoms with Gasteiger partial charge in [-0.1, -0.05) is 30.3 Å². The van der Waals surface area contributed by atoms with E-state index in [0.717, 1.165) is 5.56 Å². The number of carboxylic acid groups (broad SMARTS) is 1. The summed E-state index contributed by atoms with van der Waals surface area (Å²) in [5, 5.41) is 15.8. The molecule has 2 rings (SSSR count). The Morgan fingerprint density at radius 2 is 2.06 bits per heavy atom. The van der Waals surface area contributed by atoms with Crippen LogP contribution in [0.15, 0.2) is 35.0 Å². The van der Waals surface area contributed by atoms with Gasteiger partial charge in [-0.15, -0.1) is 0 Å². The monoisotopic (exact) mass is 234 g/mol. The van der Waals surface area contributed by atoms with E-state index in [1.807, 2.05) is 30.3 Å². The number of hydrogen-bond donors (Lipinski definition) is 1. The summed E-state index contributed by atoms with van der Waals surface area (Å²) < 4.78 is 9.78. The molecule has 0 bridgehead atoms. The van der Waals surface area contributed by atoms with Crippen molar-refractivity contribution in [2.75, 3.05) is 6.61 Å². The number of ether oxygens (including phenoxy) is 1. The summed E-state index contributed by atoms with van der Waals surface area (Å²) in [7, 11) is 0. The van der Waals surface area contributed by atoms with E-state index in [-0.39, 0.29) is 18.9 Å². The van der Waals surface area contributed by atoms with Crippen LogP contribution in [0.1, 0.15) is 6.42 Å². The summed E-state index contributed by atoms with van der Waals surface area (Å²) in [6, 6.07) is 9.26. The van der Waals surface area contributed by atoms with Crippen LogP contribution in [0, 0.1) is 0 Å². The van der Waals surface area contributed by atoms with Gasteiger partial charge in [0.25, 0.3) is 5.88 Å². The van der Waals surface area contributed by atoms with Crippen LogP contribution in [0.25, 0.3) is 11.3 Å². The van der Waals surface area contributed by atoms with Crippen molar-refractivity contribution < 1.29 is 19.3 Å². The van der Waals surface area contributed by atoms with Crippen LogP contribution in [0.5, 0.6) is 5.88 Å². The van der Waals surface area contributed by atoms with Gasteiger partial charge in [0, 0.05) is 5.56 Å². The zero-order valence-corrected chi connectivity index (χ0v) is 8.87. The van der Waals surface area contributed by atoms with Crippen LogP contribution in [0.2, 0.25) is 0 Å². The molecule has 0 saturated heterocycles. The van der Waals surface area contributed by atoms with E-state index in [1.54, 1.807) is 0 Å². The van der Waals surface area contributed by atoms with Crippen LogP contribution < -0.4 is 4.74 Å². The number of rotatable bonds is 5. The molecule has 1 heterocycles. The molecule has 0 radical (unpaired) electrons. The molecule has 0 fully saturated rings. The molecule has 0 unspecified atom stereocenters. The van der Waals surface area contributed by atoms with Crippen LogP contribution in [-0.4, -0.2) is 28.0 Å². The Balaban J connectivity index is 2.10. The van der Waals surface area contributed by atoms with Gasteiger partial charge in [-0.2, -0.15) is 0 Å². The van der Waals surface area contributed by atoms with Crippen molar-refractivity contribution in [1.82, 2.24) is 10.3 Å². The number of hydrogen-bond acceptors (Lipinski definition) is 5. The summed E-state index contributed by atoms with van der Waals surface area (Å²) in [6.07, 6.45) is -0.0961. The number of carbonyl (C=O) groups is 1. The second-order valence-electron chi connectivity index (χ2n) is 3.28. The zero-order chi connectivity index (χ0) is 12.1. The highest BCUT2D eigenvalue weighted by Crippen LogP contribution is 2.25. The summed E-state index contributed by atoms with van der Waals surface area (Å²) in [5.74, 6) is -0.722. The Hall–Kier alpha value is -2.37. The van der Waals surface area contributed by atoms with Crippen molar-refractivity contribution in [3.05, 3.63) is 30.3 Å². The Morgan fingerprint density at radius 1 is 1.29 bits per heavy atom. The molecule has 1 N–H and O–H groups in total. The number of benzene rings is 1. The molecule has 1 aromatic heterocycles. The van der Waals surface area contributed by atoms with Gasteiger partial charge in [0.05, 0.1) is 6.42 Å². The normalized spacial score (nSPS) is 10.1. The van der Waals surface area contributed by atoms with E-state index in [1.165, 1.54) is 0 Å². The molecule has 0 aliphatic rings. The van der Waals surface area contributed by atoms with E-state index in [0.29, 0.717) is 5.69 Å². The molecule has 6 nitrogen and oxygen atoms in total. The lowest BCUT2D eigenvalue weighted by Crippen LogP contribution is -2.05. The van der Waals surface area contributed by atoms with E-state index in [4.69, 9.17) is 9.84 Å². The van der Waals surface area contributed by atoms with Crippen LogP contribution in [0.3, 0.4) is 0 Å². The first-order chi connectivity index (χ1) is 8.27. The molecule has 0 atom stereocenters. The van der Waals surface area contributed by atoms with Crippen LogP contribution >= 0.6 is 0 Å². The molecular weight excluding hydrogens is 224 g/mol. The van der Waals surface area contributed by atoms with Gasteiger partial charge < -0.3 is 9.84 Å². The second-order valence-corrected chi connectivity index (χ2v) is 3.28. The van der Waals surface area contributed by atoms with Crippen molar-refractivity contribution in [2.45, 2.75) is 6.42 Å². The lowest BCUT2D eigenvalue weighted by Gasteiger charge is -2.01. The van der Waals surface area contributed by atoms with Crippen molar-refractivity contribution in [1.29, 1.82) is 0 Å². The molecule has 0 saturated carbocycles. The third-order valence-corrected chi connectivity index (χ3v) is 2.06. The maximum absolute atomic E-state index is 10.3. The summed E-state index contributed by atoms with van der Waals surface area (Å²) in [5.41, 5.74) is 1.27. The fourth-order valence-corrected chi connectivity index (χ4v) is 1.28. The smallest absolute Gasteiger partial charge is 0.306 e. The largest absolute Gasteiger partial charge is 0.481 e. The van der Waals surface area contributed by atoms with Crippen molar-refractivity contribution in [3.63, 3.8) is 0 Å². The first-order valence-electron chi connectivity index (χ1n) is 5.00. The second kappa shape index (κ2) is 5.11. The third-order valence-electron chi connectivity index (χ3n) is 2.06. The van der Waals surface area contributed by atoms with Gasteiger partial charge in [0.15, 0.2) is 5.69 Å². The Bertz CT molecular complexity index is 495. The molecule has 1 aromatic carbocycles. The van der Waals surface area contributed by atoms with Gasteiger partial charge in [-0.3, -0.25) is 4.79 Å². The SMILES string of the molecule is O=C(O)CCOc1nonc1-c1ccccc1. The number of carboxylic acids is 1. The topological polar surface area (TPSA) is 85.5 Å². The molecule has 0 spiro atoms. The Labute approximate surface area is 96.8 Å². The average molecular weight is 234 g/mol. The minimum atomic E-state index is -0.928. The van der Waals surface area contributed by atoms with E-state index in [9.17, 15) is 4.79 Å². The van der Waals surface area contributed by atoms with Crippen LogP contribution in [0.4, 0.5) is 0 Å². The van der Waals surface area contributed by atoms with Gasteiger partial charge in [0.1, 0.15) is 6.61 Å². The van der Waals surface area contributed by atoms with Crippen molar-refractivity contribution in [3.8, 4) is 17.1 Å². The lowest BCUT2D eigenvalue weighted by atomic mass is 10.2. The molecule has 6 heteroatoms. The van der Waals surface area contributed by atoms with E-state index >= 15 is 0 Å². The average Bonchev–Trinajstić information content (AvgIpc) is 2.78. The summed E-state index contributed by atoms with van der Waals surface area (Å²) in [6.45, 7) is 0.0311. The molecule has 0 aliphatic carbocycles. The zero-order valence-electron chi connectivity index (χ0n) is 8.87. The standard InChI is InChI=1S/C11H10N2O4/c14-9(15)6-7-16-11-10(12-17-13-11)8-4-2-1-3-5-8/h1-5H,6-7H2,(H,14,15). The fourth-order valence-electron chi connectivity index (χ4n) is 1.28. The highest BCUT2D eigenvalue weighted by Gasteiger charge is 2.13.